The number of hydrogen-bond acceptors (Lipinski definition) is 6. The quantitative estimate of drug-likeness (QED) is 0.601. The zero-order valence-corrected chi connectivity index (χ0v) is 15.4. The molecule has 0 spiro atoms. The highest BCUT2D eigenvalue weighted by molar-refractivity contribution is 7.98. The van der Waals surface area contributed by atoms with Gasteiger partial charge in [0, 0.05) is 18.7 Å². The first-order valence-corrected chi connectivity index (χ1v) is 9.34. The maximum atomic E-state index is 14.2. The number of carbonyl (C=O) groups is 1. The monoisotopic (exact) mass is 398 g/mol. The lowest BCUT2D eigenvalue weighted by atomic mass is 10.2. The second-order valence-corrected chi connectivity index (χ2v) is 6.59. The average Bonchev–Trinajstić information content (AvgIpc) is 2.63. The Kier molecular flexibility index (Phi) is 5.80. The summed E-state index contributed by atoms with van der Waals surface area (Å²) >= 11 is 7.77. The maximum absolute atomic E-state index is 14.2. The zero-order valence-electron chi connectivity index (χ0n) is 13.8. The molecule has 2 aromatic rings. The van der Waals surface area contributed by atoms with Gasteiger partial charge in [-0.2, -0.15) is 0 Å². The van der Waals surface area contributed by atoms with Crippen molar-refractivity contribution in [1.82, 2.24) is 9.97 Å². The molecule has 26 heavy (non-hydrogen) atoms. The molecule has 0 radical (unpaired) electrons. The number of nitrogens with one attached hydrogen (secondary N) is 1. The number of hydrogen-bond donors (Lipinski definition) is 2. The van der Waals surface area contributed by atoms with Crippen molar-refractivity contribution >= 4 is 41.0 Å². The Hall–Kier alpha value is -2.10. The van der Waals surface area contributed by atoms with Crippen molar-refractivity contribution in [2.75, 3.05) is 42.8 Å². The molecule has 10 heteroatoms. The van der Waals surface area contributed by atoms with Crippen molar-refractivity contribution in [3.8, 4) is 11.4 Å². The molecule has 0 unspecified atom stereocenters. The first-order chi connectivity index (χ1) is 12.5. The Balaban J connectivity index is 2.01. The van der Waals surface area contributed by atoms with Crippen LogP contribution in [0.5, 0.6) is 0 Å². The van der Waals surface area contributed by atoms with E-state index in [1.165, 1.54) is 23.9 Å². The van der Waals surface area contributed by atoms with Gasteiger partial charge in [-0.05, 0) is 24.5 Å². The van der Waals surface area contributed by atoms with Crippen LogP contribution in [0.1, 0.15) is 0 Å². The van der Waals surface area contributed by atoms with E-state index in [0.717, 1.165) is 4.90 Å². The zero-order chi connectivity index (χ0) is 18.7. The Morgan fingerprint density at radius 1 is 1.38 bits per heavy atom. The molecule has 7 nitrogen and oxygen atoms in total. The van der Waals surface area contributed by atoms with Crippen molar-refractivity contribution in [2.24, 2.45) is 0 Å². The number of halogens is 2. The fourth-order valence-corrected chi connectivity index (χ4v) is 3.54. The van der Waals surface area contributed by atoms with E-state index in [0.29, 0.717) is 37.7 Å². The van der Waals surface area contributed by atoms with Gasteiger partial charge in [-0.3, -0.25) is 5.32 Å². The highest BCUT2D eigenvalue weighted by Crippen LogP contribution is 2.35. The van der Waals surface area contributed by atoms with Crippen LogP contribution in [0.3, 0.4) is 0 Å². The maximum Gasteiger partial charge on any atom is 0.409 e. The van der Waals surface area contributed by atoms with Gasteiger partial charge in [0.1, 0.15) is 16.8 Å². The molecule has 0 saturated carbocycles. The predicted octanol–water partition coefficient (Wildman–Crippen LogP) is 3.58. The summed E-state index contributed by atoms with van der Waals surface area (Å²) in [6.07, 6.45) is 0.551. The largest absolute Gasteiger partial charge is 0.465 e. The number of carboxylic acid groups (broad SMARTS) is 1. The van der Waals surface area contributed by atoms with Crippen LogP contribution in [-0.4, -0.2) is 53.7 Å². The van der Waals surface area contributed by atoms with Crippen LogP contribution < -0.4 is 10.2 Å². The molecule has 1 fully saturated rings. The van der Waals surface area contributed by atoms with Crippen molar-refractivity contribution in [3.05, 3.63) is 29.2 Å². The molecule has 1 aromatic heterocycles. The van der Waals surface area contributed by atoms with E-state index >= 15 is 0 Å². The third kappa shape index (κ3) is 4.00. The predicted molar refractivity (Wildman–Crippen MR) is 98.9 cm³/mol. The molecule has 1 saturated heterocycles. The Bertz CT molecular complexity index is 833. The summed E-state index contributed by atoms with van der Waals surface area (Å²) in [4.78, 5) is 22.3. The average molecular weight is 399 g/mol. The summed E-state index contributed by atoms with van der Waals surface area (Å²) < 4.78 is 19.5. The van der Waals surface area contributed by atoms with Gasteiger partial charge in [0.25, 0.3) is 0 Å². The lowest BCUT2D eigenvalue weighted by Gasteiger charge is -2.29. The van der Waals surface area contributed by atoms with Crippen LogP contribution in [0.2, 0.25) is 5.15 Å². The molecule has 138 valence electrons. The molecule has 1 amide bonds. The number of anilines is 2. The summed E-state index contributed by atoms with van der Waals surface area (Å²) in [5.41, 5.74) is 0.268. The van der Waals surface area contributed by atoms with E-state index in [4.69, 9.17) is 21.4 Å². The SMILES string of the molecule is CSc1c(Cl)nc(-c2ccc(NC(=O)O)c(F)c2)nc1N1CCOCC1. The van der Waals surface area contributed by atoms with E-state index in [2.05, 4.69) is 14.9 Å². The normalized spacial score (nSPS) is 14.3. The number of ether oxygens (including phenoxy) is 1. The summed E-state index contributed by atoms with van der Waals surface area (Å²) in [6, 6.07) is 4.05. The van der Waals surface area contributed by atoms with E-state index in [9.17, 15) is 9.18 Å². The van der Waals surface area contributed by atoms with Crippen molar-refractivity contribution in [3.63, 3.8) is 0 Å². The number of thioether (sulfide) groups is 1. The molecule has 0 aliphatic carbocycles. The number of nitrogens with zero attached hydrogens (tertiary/aromatic N) is 3. The van der Waals surface area contributed by atoms with Gasteiger partial charge in [-0.1, -0.05) is 11.6 Å². The molecule has 1 aliphatic rings. The minimum atomic E-state index is -1.34. The highest BCUT2D eigenvalue weighted by Gasteiger charge is 2.21. The van der Waals surface area contributed by atoms with Crippen molar-refractivity contribution in [2.45, 2.75) is 4.90 Å². The summed E-state index contributed by atoms with van der Waals surface area (Å²) in [6.45, 7) is 2.54. The highest BCUT2D eigenvalue weighted by atomic mass is 35.5. The first kappa shape index (κ1) is 18.7. The van der Waals surface area contributed by atoms with Gasteiger partial charge >= 0.3 is 6.09 Å². The molecule has 1 aromatic carbocycles. The fourth-order valence-electron chi connectivity index (χ4n) is 2.58. The van der Waals surface area contributed by atoms with Gasteiger partial charge in [0.2, 0.25) is 0 Å². The van der Waals surface area contributed by atoms with Gasteiger partial charge < -0.3 is 14.7 Å². The number of aromatic nitrogens is 2. The third-order valence-corrected chi connectivity index (χ3v) is 4.96. The molecule has 2 N–H and O–H groups in total. The van der Waals surface area contributed by atoms with E-state index in [-0.39, 0.29) is 16.7 Å². The molecular weight excluding hydrogens is 383 g/mol. The topological polar surface area (TPSA) is 87.6 Å². The van der Waals surface area contributed by atoms with Crippen LogP contribution in [0.15, 0.2) is 23.1 Å². The smallest absolute Gasteiger partial charge is 0.409 e. The molecule has 0 bridgehead atoms. The lowest BCUT2D eigenvalue weighted by molar-refractivity contribution is 0.122. The number of benzene rings is 1. The second-order valence-electron chi connectivity index (χ2n) is 5.42. The Labute approximate surface area is 158 Å². The first-order valence-electron chi connectivity index (χ1n) is 7.73. The van der Waals surface area contributed by atoms with Crippen molar-refractivity contribution < 1.29 is 19.0 Å². The molecule has 2 heterocycles. The summed E-state index contributed by atoms with van der Waals surface area (Å²) in [7, 11) is 0. The molecule has 1 aliphatic heterocycles. The number of amides is 1. The van der Waals surface area contributed by atoms with E-state index in [1.807, 2.05) is 11.6 Å². The number of morpholine rings is 1. The van der Waals surface area contributed by atoms with Crippen LogP contribution in [-0.2, 0) is 4.74 Å². The number of rotatable bonds is 4. The van der Waals surface area contributed by atoms with Gasteiger partial charge in [-0.25, -0.2) is 19.2 Å². The van der Waals surface area contributed by atoms with Gasteiger partial charge in [0.15, 0.2) is 5.82 Å². The molecular formula is C16H16ClFN4O3S. The van der Waals surface area contributed by atoms with Gasteiger partial charge in [-0.15, -0.1) is 11.8 Å². The fraction of sp³-hybridized carbons (Fsp3) is 0.312. The Morgan fingerprint density at radius 2 is 2.12 bits per heavy atom. The summed E-state index contributed by atoms with van der Waals surface area (Å²) in [5, 5.41) is 11.0. The minimum Gasteiger partial charge on any atom is -0.465 e. The second kappa shape index (κ2) is 8.07. The van der Waals surface area contributed by atoms with Crippen LogP contribution in [0.25, 0.3) is 11.4 Å². The van der Waals surface area contributed by atoms with Crippen LogP contribution in [0.4, 0.5) is 20.7 Å². The van der Waals surface area contributed by atoms with Gasteiger partial charge in [0.05, 0.1) is 23.8 Å². The third-order valence-electron chi connectivity index (χ3n) is 3.79. The van der Waals surface area contributed by atoms with Crippen LogP contribution >= 0.6 is 23.4 Å². The van der Waals surface area contributed by atoms with Crippen molar-refractivity contribution in [1.29, 1.82) is 0 Å². The Morgan fingerprint density at radius 3 is 2.73 bits per heavy atom. The molecule has 0 atom stereocenters. The minimum absolute atomic E-state index is 0.138. The lowest BCUT2D eigenvalue weighted by Crippen LogP contribution is -2.37. The standard InChI is InChI=1S/C16H16ClFN4O3S/c1-26-12-13(17)20-14(21-15(12)22-4-6-25-7-5-22)9-2-3-11(10(18)8-9)19-16(23)24/h2-3,8,19H,4-7H2,1H3,(H,23,24). The van der Waals surface area contributed by atoms with E-state index < -0.39 is 11.9 Å². The molecule has 3 rings (SSSR count). The summed E-state index contributed by atoms with van der Waals surface area (Å²) in [5.74, 6) is 0.241. The van der Waals surface area contributed by atoms with E-state index in [1.54, 1.807) is 6.07 Å². The van der Waals surface area contributed by atoms with Crippen LogP contribution in [0, 0.1) is 5.82 Å².